The van der Waals surface area contributed by atoms with Crippen molar-refractivity contribution in [3.8, 4) is 0 Å². The van der Waals surface area contributed by atoms with Gasteiger partial charge >= 0.3 is 0 Å². The summed E-state index contributed by atoms with van der Waals surface area (Å²) in [6.45, 7) is 1.94. The van der Waals surface area contributed by atoms with Gasteiger partial charge in [0.2, 0.25) is 10.0 Å². The maximum atomic E-state index is 12.1. The second-order valence-electron chi connectivity index (χ2n) is 4.84. The number of aliphatic hydroxyl groups excluding tert-OH is 1. The Balaban J connectivity index is 1.99. The number of rotatable bonds is 6. The molecule has 1 atom stereocenters. The van der Waals surface area contributed by atoms with Gasteiger partial charge in [0.25, 0.3) is 0 Å². The van der Waals surface area contributed by atoms with E-state index in [4.69, 9.17) is 0 Å². The molecule has 2 N–H and O–H groups in total. The number of benzene rings is 1. The highest BCUT2D eigenvalue weighted by Crippen LogP contribution is 2.15. The molecule has 2 rings (SSSR count). The summed E-state index contributed by atoms with van der Waals surface area (Å²) in [5.74, 6) is 0. The van der Waals surface area contributed by atoms with Crippen molar-refractivity contribution in [3.05, 3.63) is 47.8 Å². The lowest BCUT2D eigenvalue weighted by Crippen LogP contribution is -2.26. The maximum absolute atomic E-state index is 12.1. The predicted octanol–water partition coefficient (Wildman–Crippen LogP) is 0.994. The first kappa shape index (κ1) is 15.7. The third kappa shape index (κ3) is 3.90. The van der Waals surface area contributed by atoms with Gasteiger partial charge in [0, 0.05) is 31.9 Å². The Morgan fingerprint density at radius 1 is 1.29 bits per heavy atom. The lowest BCUT2D eigenvalue weighted by atomic mass is 10.1. The summed E-state index contributed by atoms with van der Waals surface area (Å²) in [6, 6.07) is 8.06. The summed E-state index contributed by atoms with van der Waals surface area (Å²) in [5.41, 5.74) is 1.64. The Labute approximate surface area is 124 Å². The van der Waals surface area contributed by atoms with Crippen LogP contribution in [0, 0.1) is 0 Å². The molecule has 0 amide bonds. The van der Waals surface area contributed by atoms with Crippen LogP contribution >= 0.6 is 0 Å². The molecular formula is C14H19N3O3S. The van der Waals surface area contributed by atoms with Gasteiger partial charge in [-0.05, 0) is 30.7 Å². The molecule has 0 aliphatic rings. The number of aryl methyl sites for hydroxylation is 1. The summed E-state index contributed by atoms with van der Waals surface area (Å²) in [6.07, 6.45) is 1.64. The highest BCUT2D eigenvalue weighted by Gasteiger charge is 2.14. The Morgan fingerprint density at radius 3 is 2.48 bits per heavy atom. The van der Waals surface area contributed by atoms with E-state index in [1.54, 1.807) is 29.9 Å². The summed E-state index contributed by atoms with van der Waals surface area (Å²) in [4.78, 5) is 0.192. The molecular weight excluding hydrogens is 290 g/mol. The van der Waals surface area contributed by atoms with Crippen molar-refractivity contribution in [1.82, 2.24) is 14.5 Å². The number of sulfonamides is 1. The van der Waals surface area contributed by atoms with Crippen molar-refractivity contribution in [3.63, 3.8) is 0 Å². The van der Waals surface area contributed by atoms with Gasteiger partial charge in [0.05, 0.1) is 11.0 Å². The number of aromatic nitrogens is 2. The minimum atomic E-state index is -3.53. The normalized spacial score (nSPS) is 13.3. The van der Waals surface area contributed by atoms with E-state index in [0.29, 0.717) is 18.5 Å². The molecule has 1 heterocycles. The summed E-state index contributed by atoms with van der Waals surface area (Å²) in [7, 11) is -1.71. The molecule has 21 heavy (non-hydrogen) atoms. The molecule has 114 valence electrons. The molecule has 0 radical (unpaired) electrons. The smallest absolute Gasteiger partial charge is 0.240 e. The van der Waals surface area contributed by atoms with Crippen LogP contribution in [0.2, 0.25) is 0 Å². The molecule has 0 saturated heterocycles. The topological polar surface area (TPSA) is 84.2 Å². The molecule has 0 bridgehead atoms. The summed E-state index contributed by atoms with van der Waals surface area (Å²) < 4.78 is 28.5. The monoisotopic (exact) mass is 309 g/mol. The Kier molecular flexibility index (Phi) is 4.76. The first-order chi connectivity index (χ1) is 9.90. The Hall–Kier alpha value is -1.70. The quantitative estimate of drug-likeness (QED) is 0.833. The standard InChI is InChI=1S/C14H19N3O3S/c1-11(18)12-3-5-14(6-4-12)21(19,20)16-10-8-13-7-9-15-17(13)2/h3-7,9,11,16,18H,8,10H2,1-2H3. The molecule has 0 spiro atoms. The van der Waals surface area contributed by atoms with Gasteiger partial charge < -0.3 is 5.11 Å². The van der Waals surface area contributed by atoms with Crippen molar-refractivity contribution >= 4 is 10.0 Å². The van der Waals surface area contributed by atoms with Gasteiger partial charge in [-0.15, -0.1) is 0 Å². The van der Waals surface area contributed by atoms with Crippen molar-refractivity contribution < 1.29 is 13.5 Å². The van der Waals surface area contributed by atoms with Crippen LogP contribution < -0.4 is 4.72 Å². The number of hydrogen-bond acceptors (Lipinski definition) is 4. The fourth-order valence-corrected chi connectivity index (χ4v) is 3.00. The zero-order valence-corrected chi connectivity index (χ0v) is 12.8. The zero-order valence-electron chi connectivity index (χ0n) is 12.0. The zero-order chi connectivity index (χ0) is 15.5. The van der Waals surface area contributed by atoms with Crippen LogP contribution in [-0.4, -0.2) is 29.8 Å². The molecule has 7 heteroatoms. The summed E-state index contributed by atoms with van der Waals surface area (Å²) >= 11 is 0. The van der Waals surface area contributed by atoms with E-state index in [-0.39, 0.29) is 4.90 Å². The van der Waals surface area contributed by atoms with E-state index in [1.165, 1.54) is 12.1 Å². The van der Waals surface area contributed by atoms with Crippen LogP contribution in [0.3, 0.4) is 0 Å². The molecule has 0 saturated carbocycles. The van der Waals surface area contributed by atoms with E-state index < -0.39 is 16.1 Å². The lowest BCUT2D eigenvalue weighted by molar-refractivity contribution is 0.199. The molecule has 2 aromatic rings. The molecule has 1 aromatic carbocycles. The number of hydrogen-bond donors (Lipinski definition) is 2. The SMILES string of the molecule is CC(O)c1ccc(S(=O)(=O)NCCc2ccnn2C)cc1. The van der Waals surface area contributed by atoms with E-state index in [1.807, 2.05) is 13.1 Å². The van der Waals surface area contributed by atoms with Crippen LogP contribution in [0.4, 0.5) is 0 Å². The molecule has 1 unspecified atom stereocenters. The van der Waals surface area contributed by atoms with Crippen molar-refractivity contribution in [2.24, 2.45) is 7.05 Å². The van der Waals surface area contributed by atoms with Crippen LogP contribution in [0.5, 0.6) is 0 Å². The molecule has 1 aromatic heterocycles. The van der Waals surface area contributed by atoms with Gasteiger partial charge in [-0.3, -0.25) is 4.68 Å². The van der Waals surface area contributed by atoms with Crippen LogP contribution in [0.25, 0.3) is 0 Å². The molecule has 0 fully saturated rings. The van der Waals surface area contributed by atoms with Gasteiger partial charge in [-0.2, -0.15) is 5.10 Å². The molecule has 0 aliphatic carbocycles. The van der Waals surface area contributed by atoms with Gasteiger partial charge in [0.15, 0.2) is 0 Å². The van der Waals surface area contributed by atoms with Gasteiger partial charge in [0.1, 0.15) is 0 Å². The second-order valence-corrected chi connectivity index (χ2v) is 6.61. The van der Waals surface area contributed by atoms with Crippen LogP contribution in [0.1, 0.15) is 24.3 Å². The van der Waals surface area contributed by atoms with Crippen LogP contribution in [0.15, 0.2) is 41.4 Å². The largest absolute Gasteiger partial charge is 0.389 e. The first-order valence-corrected chi connectivity index (χ1v) is 8.13. The number of nitrogens with one attached hydrogen (secondary N) is 1. The van der Waals surface area contributed by atoms with Crippen molar-refractivity contribution in [1.29, 1.82) is 0 Å². The Bertz CT molecular complexity index is 691. The fraction of sp³-hybridized carbons (Fsp3) is 0.357. The van der Waals surface area contributed by atoms with E-state index >= 15 is 0 Å². The maximum Gasteiger partial charge on any atom is 0.240 e. The number of aliphatic hydroxyl groups is 1. The summed E-state index contributed by atoms with van der Waals surface area (Å²) in [5, 5.41) is 13.4. The molecule has 0 aliphatic heterocycles. The average Bonchev–Trinajstić information content (AvgIpc) is 2.84. The fourth-order valence-electron chi connectivity index (χ4n) is 1.97. The van der Waals surface area contributed by atoms with Gasteiger partial charge in [-0.1, -0.05) is 12.1 Å². The highest BCUT2D eigenvalue weighted by atomic mass is 32.2. The van der Waals surface area contributed by atoms with Crippen LogP contribution in [-0.2, 0) is 23.5 Å². The van der Waals surface area contributed by atoms with Crippen molar-refractivity contribution in [2.45, 2.75) is 24.3 Å². The van der Waals surface area contributed by atoms with Crippen molar-refractivity contribution in [2.75, 3.05) is 6.54 Å². The minimum Gasteiger partial charge on any atom is -0.389 e. The first-order valence-electron chi connectivity index (χ1n) is 6.65. The Morgan fingerprint density at radius 2 is 1.95 bits per heavy atom. The third-order valence-electron chi connectivity index (χ3n) is 3.27. The molecule has 6 nitrogen and oxygen atoms in total. The third-order valence-corrected chi connectivity index (χ3v) is 4.75. The number of nitrogens with zero attached hydrogens (tertiary/aromatic N) is 2. The second kappa shape index (κ2) is 6.38. The predicted molar refractivity (Wildman–Crippen MR) is 79.2 cm³/mol. The average molecular weight is 309 g/mol. The van der Waals surface area contributed by atoms with E-state index in [0.717, 1.165) is 5.69 Å². The highest BCUT2D eigenvalue weighted by molar-refractivity contribution is 7.89. The lowest BCUT2D eigenvalue weighted by Gasteiger charge is -2.09. The van der Waals surface area contributed by atoms with E-state index in [2.05, 4.69) is 9.82 Å². The van der Waals surface area contributed by atoms with E-state index in [9.17, 15) is 13.5 Å². The minimum absolute atomic E-state index is 0.192. The van der Waals surface area contributed by atoms with Gasteiger partial charge in [-0.25, -0.2) is 13.1 Å².